The van der Waals surface area contributed by atoms with Gasteiger partial charge in [-0.15, -0.1) is 5.10 Å². The van der Waals surface area contributed by atoms with E-state index in [4.69, 9.17) is 0 Å². The summed E-state index contributed by atoms with van der Waals surface area (Å²) in [7, 11) is -4.46. The average molecular weight is 393 g/mol. The first-order valence-corrected chi connectivity index (χ1v) is 9.33. The Morgan fingerprint density at radius 2 is 1.96 bits per heavy atom. The number of rotatable bonds is 5. The van der Waals surface area contributed by atoms with Crippen LogP contribution in [-0.2, 0) is 10.0 Å². The van der Waals surface area contributed by atoms with Crippen LogP contribution in [0, 0.1) is 12.7 Å². The molecular formula is C16H16FN5O4S. The lowest BCUT2D eigenvalue weighted by Gasteiger charge is -2.28. The van der Waals surface area contributed by atoms with Crippen LogP contribution in [0.2, 0.25) is 0 Å². The third kappa shape index (κ3) is 3.21. The fourth-order valence-corrected chi connectivity index (χ4v) is 4.16. The van der Waals surface area contributed by atoms with Crippen molar-refractivity contribution < 1.29 is 22.7 Å². The van der Waals surface area contributed by atoms with Gasteiger partial charge >= 0.3 is 16.0 Å². The molecule has 0 saturated heterocycles. The van der Waals surface area contributed by atoms with Crippen LogP contribution in [0.5, 0.6) is 0 Å². The number of anilines is 1. The summed E-state index contributed by atoms with van der Waals surface area (Å²) >= 11 is 0. The lowest BCUT2D eigenvalue weighted by molar-refractivity contribution is 0.0697. The van der Waals surface area contributed by atoms with Gasteiger partial charge in [0.2, 0.25) is 0 Å². The predicted molar refractivity (Wildman–Crippen MR) is 93.7 cm³/mol. The first-order chi connectivity index (χ1) is 12.6. The Labute approximate surface area is 154 Å². The molecule has 0 spiro atoms. The van der Waals surface area contributed by atoms with Gasteiger partial charge in [-0.3, -0.25) is 4.31 Å². The van der Waals surface area contributed by atoms with Crippen molar-refractivity contribution in [3.63, 3.8) is 0 Å². The van der Waals surface area contributed by atoms with E-state index in [0.29, 0.717) is 10.00 Å². The van der Waals surface area contributed by atoms with Gasteiger partial charge in [0, 0.05) is 17.9 Å². The topological polar surface area (TPSA) is 118 Å². The molecule has 2 aromatic heterocycles. The molecule has 3 aromatic rings. The molecule has 0 bridgehead atoms. The third-order valence-corrected chi connectivity index (χ3v) is 5.48. The molecule has 0 aliphatic carbocycles. The number of fused-ring (bicyclic) bond motifs is 1. The molecule has 0 fully saturated rings. The molecule has 0 unspecified atom stereocenters. The smallest absolute Gasteiger partial charge is 0.337 e. The van der Waals surface area contributed by atoms with Crippen molar-refractivity contribution in [3.8, 4) is 0 Å². The summed E-state index contributed by atoms with van der Waals surface area (Å²) in [4.78, 5) is 19.5. The van der Waals surface area contributed by atoms with Crippen molar-refractivity contribution >= 4 is 27.5 Å². The summed E-state index contributed by atoms with van der Waals surface area (Å²) in [6.07, 6.45) is 1.50. The van der Waals surface area contributed by atoms with Gasteiger partial charge in [-0.1, -0.05) is 6.07 Å². The summed E-state index contributed by atoms with van der Waals surface area (Å²) in [5.74, 6) is -2.38. The lowest BCUT2D eigenvalue weighted by Crippen LogP contribution is -2.39. The second-order valence-electron chi connectivity index (χ2n) is 6.04. The number of hydrogen-bond donors (Lipinski definition) is 1. The normalized spacial score (nSPS) is 11.9. The van der Waals surface area contributed by atoms with Crippen LogP contribution < -0.4 is 4.31 Å². The van der Waals surface area contributed by atoms with Crippen molar-refractivity contribution in [1.29, 1.82) is 0 Å². The molecule has 2 heterocycles. The molecule has 142 valence electrons. The number of aromatic nitrogens is 4. The number of carbonyl (C=O) groups is 1. The molecular weight excluding hydrogens is 377 g/mol. The first kappa shape index (κ1) is 18.7. The molecule has 0 aliphatic rings. The molecule has 0 radical (unpaired) electrons. The molecule has 3 rings (SSSR count). The molecule has 0 amide bonds. The predicted octanol–water partition coefficient (Wildman–Crippen LogP) is 1.87. The Morgan fingerprint density at radius 1 is 1.26 bits per heavy atom. The lowest BCUT2D eigenvalue weighted by atomic mass is 10.1. The maximum atomic E-state index is 14.5. The number of aryl methyl sites for hydroxylation is 1. The van der Waals surface area contributed by atoms with E-state index < -0.39 is 44.3 Å². The first-order valence-electron chi connectivity index (χ1n) is 7.89. The second-order valence-corrected chi connectivity index (χ2v) is 7.75. The molecule has 1 N–H and O–H groups in total. The molecule has 11 heteroatoms. The number of hydrogen-bond acceptors (Lipinski definition) is 6. The minimum atomic E-state index is -4.46. The SMILES string of the molecule is Cc1ccn2nc(S(=O)(=O)N(c3c(F)cccc3C(=O)O)C(C)C)nc2n1. The summed E-state index contributed by atoms with van der Waals surface area (Å²) in [6.45, 7) is 4.70. The zero-order valence-corrected chi connectivity index (χ0v) is 15.5. The summed E-state index contributed by atoms with van der Waals surface area (Å²) < 4.78 is 42.7. The van der Waals surface area contributed by atoms with Crippen LogP contribution in [-0.4, -0.2) is 45.1 Å². The molecule has 0 saturated carbocycles. The average Bonchev–Trinajstić information content (AvgIpc) is 2.99. The highest BCUT2D eigenvalue weighted by atomic mass is 32.2. The van der Waals surface area contributed by atoms with Gasteiger partial charge in [0.15, 0.2) is 0 Å². The molecule has 9 nitrogen and oxygen atoms in total. The maximum Gasteiger partial charge on any atom is 0.337 e. The van der Waals surface area contributed by atoms with Gasteiger partial charge in [-0.25, -0.2) is 18.7 Å². The number of aromatic carboxylic acids is 1. The number of carboxylic acid groups (broad SMARTS) is 1. The number of carboxylic acids is 1. The summed E-state index contributed by atoms with van der Waals surface area (Å²) in [5.41, 5.74) is -0.435. The van der Waals surface area contributed by atoms with E-state index in [0.717, 1.165) is 12.1 Å². The number of nitrogens with zero attached hydrogens (tertiary/aromatic N) is 5. The Balaban J connectivity index is 2.24. The minimum Gasteiger partial charge on any atom is -0.478 e. The largest absolute Gasteiger partial charge is 0.478 e. The van der Waals surface area contributed by atoms with Crippen LogP contribution in [0.4, 0.5) is 10.1 Å². The minimum absolute atomic E-state index is 0.0595. The van der Waals surface area contributed by atoms with Crippen molar-refractivity contribution in [1.82, 2.24) is 19.6 Å². The third-order valence-electron chi connectivity index (χ3n) is 3.72. The van der Waals surface area contributed by atoms with Crippen LogP contribution in [0.15, 0.2) is 35.6 Å². The number of benzene rings is 1. The maximum absolute atomic E-state index is 14.5. The molecule has 1 aromatic carbocycles. The van der Waals surface area contributed by atoms with Gasteiger partial charge < -0.3 is 5.11 Å². The van der Waals surface area contributed by atoms with Gasteiger partial charge in [0.05, 0.1) is 5.56 Å². The fourth-order valence-electron chi connectivity index (χ4n) is 2.61. The van der Waals surface area contributed by atoms with E-state index >= 15 is 0 Å². The van der Waals surface area contributed by atoms with Gasteiger partial charge in [-0.05, 0) is 39.0 Å². The Kier molecular flexibility index (Phi) is 4.56. The number of sulfonamides is 1. The fraction of sp³-hybridized carbons (Fsp3) is 0.250. The van der Waals surface area contributed by atoms with Crippen LogP contribution >= 0.6 is 0 Å². The van der Waals surface area contributed by atoms with E-state index in [9.17, 15) is 22.7 Å². The van der Waals surface area contributed by atoms with Crippen LogP contribution in [0.25, 0.3) is 5.78 Å². The highest BCUT2D eigenvalue weighted by Crippen LogP contribution is 2.31. The Hall–Kier alpha value is -3.08. The van der Waals surface area contributed by atoms with E-state index in [1.165, 1.54) is 30.6 Å². The summed E-state index contributed by atoms with van der Waals surface area (Å²) in [6, 6.07) is 4.15. The van der Waals surface area contributed by atoms with Gasteiger partial charge in [0.1, 0.15) is 11.5 Å². The Morgan fingerprint density at radius 3 is 2.59 bits per heavy atom. The van der Waals surface area contributed by atoms with Gasteiger partial charge in [0.25, 0.3) is 10.9 Å². The van der Waals surface area contributed by atoms with E-state index in [2.05, 4.69) is 15.1 Å². The van der Waals surface area contributed by atoms with Crippen molar-refractivity contribution in [2.24, 2.45) is 0 Å². The van der Waals surface area contributed by atoms with E-state index in [-0.39, 0.29) is 5.78 Å². The molecule has 0 atom stereocenters. The highest BCUT2D eigenvalue weighted by Gasteiger charge is 2.36. The molecule has 0 aliphatic heterocycles. The number of halogens is 1. The molecule has 27 heavy (non-hydrogen) atoms. The highest BCUT2D eigenvalue weighted by molar-refractivity contribution is 7.92. The quantitative estimate of drug-likeness (QED) is 0.703. The Bertz CT molecular complexity index is 1140. The zero-order chi connectivity index (χ0) is 19.9. The van der Waals surface area contributed by atoms with E-state index in [1.807, 2.05) is 0 Å². The summed E-state index contributed by atoms with van der Waals surface area (Å²) in [5, 5.41) is 12.7. The van der Waals surface area contributed by atoms with Crippen molar-refractivity contribution in [3.05, 3.63) is 47.5 Å². The van der Waals surface area contributed by atoms with Gasteiger partial charge in [-0.2, -0.15) is 13.4 Å². The van der Waals surface area contributed by atoms with Crippen molar-refractivity contribution in [2.75, 3.05) is 4.31 Å². The monoisotopic (exact) mass is 393 g/mol. The second kappa shape index (κ2) is 6.58. The zero-order valence-electron chi connectivity index (χ0n) is 14.7. The number of para-hydroxylation sites is 1. The van der Waals surface area contributed by atoms with Crippen LogP contribution in [0.3, 0.4) is 0 Å². The standard InChI is InChI=1S/C16H16FN5O4S/c1-9(2)22(13-11(14(23)24)5-4-6-12(13)17)27(25,26)16-19-15-18-10(3)7-8-21(15)20-16/h4-9H,1-3H3,(H,23,24). The van der Waals surface area contributed by atoms with Crippen molar-refractivity contribution in [2.45, 2.75) is 32.0 Å². The van der Waals surface area contributed by atoms with Crippen LogP contribution in [0.1, 0.15) is 29.9 Å². The van der Waals surface area contributed by atoms with E-state index in [1.54, 1.807) is 13.0 Å².